The quantitative estimate of drug-likeness (QED) is 0.571. The van der Waals surface area contributed by atoms with Crippen molar-refractivity contribution in [3.8, 4) is 0 Å². The molecular formula is C10H15BrN2O2S3. The van der Waals surface area contributed by atoms with Crippen molar-refractivity contribution >= 4 is 54.5 Å². The van der Waals surface area contributed by atoms with E-state index in [4.69, 9.17) is 18.0 Å². The highest BCUT2D eigenvalue weighted by Crippen LogP contribution is 2.30. The summed E-state index contributed by atoms with van der Waals surface area (Å²) in [6.07, 6.45) is 2.17. The molecule has 1 aromatic heterocycles. The molecule has 0 aliphatic rings. The summed E-state index contributed by atoms with van der Waals surface area (Å²) in [4.78, 5) is 0.468. The SMILES string of the molecule is Cc1cc(S(=O)(=O)NCCCCC(N)=S)sc1Br. The van der Waals surface area contributed by atoms with Crippen molar-refractivity contribution in [2.75, 3.05) is 6.54 Å². The molecule has 8 heteroatoms. The number of sulfonamides is 1. The van der Waals surface area contributed by atoms with Crippen molar-refractivity contribution in [2.45, 2.75) is 30.4 Å². The van der Waals surface area contributed by atoms with E-state index in [0.29, 0.717) is 22.2 Å². The minimum Gasteiger partial charge on any atom is -0.393 e. The summed E-state index contributed by atoms with van der Waals surface area (Å²) in [5.74, 6) is 0. The molecule has 4 nitrogen and oxygen atoms in total. The van der Waals surface area contributed by atoms with Crippen LogP contribution >= 0.6 is 39.5 Å². The lowest BCUT2D eigenvalue weighted by Crippen LogP contribution is -2.24. The summed E-state index contributed by atoms with van der Waals surface area (Å²) in [7, 11) is -3.39. The summed E-state index contributed by atoms with van der Waals surface area (Å²) in [6.45, 7) is 2.27. The zero-order valence-corrected chi connectivity index (χ0v) is 13.9. The fourth-order valence-electron chi connectivity index (χ4n) is 1.27. The number of thiocarbonyl (C=S) groups is 1. The Hall–Kier alpha value is -0.0200. The van der Waals surface area contributed by atoms with Gasteiger partial charge < -0.3 is 5.73 Å². The molecule has 0 spiro atoms. The van der Waals surface area contributed by atoms with Crippen LogP contribution in [0.1, 0.15) is 24.8 Å². The number of nitrogens with two attached hydrogens (primary N) is 1. The third-order valence-electron chi connectivity index (χ3n) is 2.24. The monoisotopic (exact) mass is 370 g/mol. The largest absolute Gasteiger partial charge is 0.393 e. The lowest BCUT2D eigenvalue weighted by Gasteiger charge is -2.04. The number of aryl methyl sites for hydroxylation is 1. The maximum absolute atomic E-state index is 11.9. The molecule has 0 atom stereocenters. The van der Waals surface area contributed by atoms with Crippen molar-refractivity contribution in [2.24, 2.45) is 5.73 Å². The van der Waals surface area contributed by atoms with Crippen LogP contribution in [0.25, 0.3) is 0 Å². The highest BCUT2D eigenvalue weighted by molar-refractivity contribution is 9.11. The van der Waals surface area contributed by atoms with Crippen LogP contribution in [-0.2, 0) is 10.0 Å². The molecule has 18 heavy (non-hydrogen) atoms. The van der Waals surface area contributed by atoms with Crippen molar-refractivity contribution in [3.05, 3.63) is 15.4 Å². The number of hydrogen-bond donors (Lipinski definition) is 2. The summed E-state index contributed by atoms with van der Waals surface area (Å²) < 4.78 is 27.6. The Bertz CT molecular complexity index is 506. The fourth-order valence-corrected chi connectivity index (χ4v) is 4.75. The van der Waals surface area contributed by atoms with Crippen molar-refractivity contribution in [1.82, 2.24) is 4.72 Å². The van der Waals surface area contributed by atoms with Crippen LogP contribution in [0.3, 0.4) is 0 Å². The molecule has 0 radical (unpaired) electrons. The number of thiophene rings is 1. The molecule has 3 N–H and O–H groups in total. The smallest absolute Gasteiger partial charge is 0.250 e. The lowest BCUT2D eigenvalue weighted by molar-refractivity contribution is 0.579. The first-order valence-corrected chi connectivity index (χ1v) is 8.87. The molecule has 0 unspecified atom stereocenters. The molecule has 1 aromatic rings. The van der Waals surface area contributed by atoms with Crippen LogP contribution < -0.4 is 10.5 Å². The molecule has 0 saturated carbocycles. The Labute approximate surface area is 125 Å². The van der Waals surface area contributed by atoms with Crippen LogP contribution in [0, 0.1) is 6.92 Å². The first kappa shape index (κ1) is 16.0. The summed E-state index contributed by atoms with van der Waals surface area (Å²) >= 11 is 9.28. The van der Waals surface area contributed by atoms with Gasteiger partial charge in [0.05, 0.1) is 8.77 Å². The second-order valence-corrected chi connectivity index (χ2v) is 8.73. The van der Waals surface area contributed by atoms with Crippen LogP contribution in [0.2, 0.25) is 0 Å². The van der Waals surface area contributed by atoms with Gasteiger partial charge in [-0.2, -0.15) is 0 Å². The molecule has 0 fully saturated rings. The highest BCUT2D eigenvalue weighted by atomic mass is 79.9. The van der Waals surface area contributed by atoms with Gasteiger partial charge in [0.1, 0.15) is 4.21 Å². The Balaban J connectivity index is 2.48. The van der Waals surface area contributed by atoms with E-state index >= 15 is 0 Å². The summed E-state index contributed by atoms with van der Waals surface area (Å²) in [5, 5.41) is 0. The molecule has 1 rings (SSSR count). The minimum absolute atomic E-state index is 0.334. The van der Waals surface area contributed by atoms with E-state index in [1.165, 1.54) is 11.3 Å². The molecule has 102 valence electrons. The van der Waals surface area contributed by atoms with Crippen LogP contribution in [0.4, 0.5) is 0 Å². The molecule has 0 aromatic carbocycles. The second-order valence-electron chi connectivity index (χ2n) is 3.84. The van der Waals surface area contributed by atoms with Crippen LogP contribution in [0.5, 0.6) is 0 Å². The molecule has 0 bridgehead atoms. The minimum atomic E-state index is -3.39. The molecule has 0 aliphatic carbocycles. The predicted molar refractivity (Wildman–Crippen MR) is 82.6 cm³/mol. The van der Waals surface area contributed by atoms with E-state index in [1.54, 1.807) is 6.07 Å². The topological polar surface area (TPSA) is 72.2 Å². The molecule has 1 heterocycles. The van der Waals surface area contributed by atoms with Crippen LogP contribution in [0.15, 0.2) is 14.1 Å². The van der Waals surface area contributed by atoms with E-state index in [9.17, 15) is 8.42 Å². The average Bonchev–Trinajstić information content (AvgIpc) is 2.59. The standard InChI is InChI=1S/C10H15BrN2O2S3/c1-7-6-9(17-10(7)11)18(14,15)13-5-3-2-4-8(12)16/h6,13H,2-5H2,1H3,(H2,12,16). The van der Waals surface area contributed by atoms with Gasteiger partial charge in [-0.25, -0.2) is 13.1 Å². The zero-order chi connectivity index (χ0) is 13.8. The Morgan fingerprint density at radius 2 is 2.22 bits per heavy atom. The van der Waals surface area contributed by atoms with E-state index in [0.717, 1.165) is 22.2 Å². The van der Waals surface area contributed by atoms with Gasteiger partial charge in [0.25, 0.3) is 0 Å². The molecule has 0 saturated heterocycles. The van der Waals surface area contributed by atoms with E-state index in [-0.39, 0.29) is 0 Å². The van der Waals surface area contributed by atoms with E-state index in [2.05, 4.69) is 20.7 Å². The number of unbranched alkanes of at least 4 members (excludes halogenated alkanes) is 1. The Morgan fingerprint density at radius 3 is 2.72 bits per heavy atom. The third kappa shape index (κ3) is 4.93. The predicted octanol–water partition coefficient (Wildman–Crippen LogP) is 2.55. The van der Waals surface area contributed by atoms with Crippen molar-refractivity contribution in [1.29, 1.82) is 0 Å². The normalized spacial score (nSPS) is 11.7. The van der Waals surface area contributed by atoms with Crippen LogP contribution in [-0.4, -0.2) is 20.0 Å². The van der Waals surface area contributed by atoms with Crippen molar-refractivity contribution < 1.29 is 8.42 Å². The van der Waals surface area contributed by atoms with Gasteiger partial charge in [0.15, 0.2) is 0 Å². The van der Waals surface area contributed by atoms with Gasteiger partial charge in [-0.3, -0.25) is 0 Å². The van der Waals surface area contributed by atoms with Gasteiger partial charge in [-0.1, -0.05) is 12.2 Å². The Kier molecular flexibility index (Phi) is 6.19. The van der Waals surface area contributed by atoms with Crippen molar-refractivity contribution in [3.63, 3.8) is 0 Å². The highest BCUT2D eigenvalue weighted by Gasteiger charge is 2.17. The van der Waals surface area contributed by atoms with E-state index in [1.807, 2.05) is 6.92 Å². The van der Waals surface area contributed by atoms with Gasteiger partial charge in [0, 0.05) is 6.54 Å². The summed E-state index contributed by atoms with van der Waals surface area (Å²) in [6, 6.07) is 1.66. The first-order valence-electron chi connectivity index (χ1n) is 5.37. The van der Waals surface area contributed by atoms with Gasteiger partial charge in [0.2, 0.25) is 10.0 Å². The van der Waals surface area contributed by atoms with E-state index < -0.39 is 10.0 Å². The summed E-state index contributed by atoms with van der Waals surface area (Å²) in [5.41, 5.74) is 6.29. The second kappa shape index (κ2) is 6.95. The Morgan fingerprint density at radius 1 is 1.56 bits per heavy atom. The fraction of sp³-hybridized carbons (Fsp3) is 0.500. The number of hydrogen-bond acceptors (Lipinski definition) is 4. The lowest BCUT2D eigenvalue weighted by atomic mass is 10.2. The molecule has 0 aliphatic heterocycles. The zero-order valence-electron chi connectivity index (χ0n) is 9.90. The average molecular weight is 371 g/mol. The van der Waals surface area contributed by atoms with Gasteiger partial charge >= 0.3 is 0 Å². The number of rotatable bonds is 7. The number of nitrogens with one attached hydrogen (secondary N) is 1. The first-order chi connectivity index (χ1) is 8.33. The molecule has 0 amide bonds. The maximum Gasteiger partial charge on any atom is 0.250 e. The molecular weight excluding hydrogens is 356 g/mol. The number of halogens is 1. The van der Waals surface area contributed by atoms with Gasteiger partial charge in [-0.05, 0) is 53.7 Å². The third-order valence-corrected chi connectivity index (χ3v) is 6.52. The van der Waals surface area contributed by atoms with Gasteiger partial charge in [-0.15, -0.1) is 11.3 Å². The maximum atomic E-state index is 11.9.